The lowest BCUT2D eigenvalue weighted by Crippen LogP contribution is -2.49. The Bertz CT molecular complexity index is 1160. The van der Waals surface area contributed by atoms with Crippen LogP contribution in [0.3, 0.4) is 0 Å². The lowest BCUT2D eigenvalue weighted by molar-refractivity contribution is -0.157. The van der Waals surface area contributed by atoms with Gasteiger partial charge in [0, 0.05) is 6.07 Å². The number of ether oxygens (including phenoxy) is 1. The van der Waals surface area contributed by atoms with Crippen LogP contribution in [0.15, 0.2) is 45.9 Å². The quantitative estimate of drug-likeness (QED) is 0.591. The van der Waals surface area contributed by atoms with Crippen molar-refractivity contribution in [3.8, 4) is 11.5 Å². The molecule has 0 saturated carbocycles. The minimum atomic E-state index is -4.88. The van der Waals surface area contributed by atoms with Crippen LogP contribution in [0.5, 0.6) is 11.5 Å². The average Bonchev–Trinajstić information content (AvgIpc) is 2.97. The van der Waals surface area contributed by atoms with Crippen LogP contribution in [0, 0.1) is 20.8 Å². The minimum absolute atomic E-state index is 0.0352. The van der Waals surface area contributed by atoms with E-state index in [1.807, 2.05) is 0 Å². The smallest absolute Gasteiger partial charge is 0.408 e. The third-order valence-corrected chi connectivity index (χ3v) is 6.29. The third kappa shape index (κ3) is 4.54. The molecule has 2 N–H and O–H groups in total. The number of aryl methyl sites for hydroxylation is 3. The molecule has 162 valence electrons. The summed E-state index contributed by atoms with van der Waals surface area (Å²) in [6.45, 7) is 3.85. The summed E-state index contributed by atoms with van der Waals surface area (Å²) in [6, 6.07) is 4.81. The van der Waals surface area contributed by atoms with E-state index in [1.54, 1.807) is 23.8 Å². The fourth-order valence-electron chi connectivity index (χ4n) is 3.30. The lowest BCUT2D eigenvalue weighted by Gasteiger charge is -2.23. The van der Waals surface area contributed by atoms with Gasteiger partial charge in [-0.2, -0.15) is 17.9 Å². The maximum Gasteiger partial charge on any atom is 0.408 e. The third-order valence-electron chi connectivity index (χ3n) is 4.51. The van der Waals surface area contributed by atoms with Gasteiger partial charge in [-0.3, -0.25) is 0 Å². The molecular weight excluding hydrogens is 423 g/mol. The fraction of sp³-hybridized carbons (Fsp3) is 0.300. The van der Waals surface area contributed by atoms with Gasteiger partial charge < -0.3 is 14.3 Å². The van der Waals surface area contributed by atoms with Crippen LogP contribution in [0.2, 0.25) is 0 Å². The van der Waals surface area contributed by atoms with Gasteiger partial charge in [-0.15, -0.1) is 0 Å². The average molecular weight is 443 g/mol. The molecule has 30 heavy (non-hydrogen) atoms. The maximum atomic E-state index is 13.5. The molecule has 3 rings (SSSR count). The van der Waals surface area contributed by atoms with Crippen molar-refractivity contribution >= 4 is 21.0 Å². The summed E-state index contributed by atoms with van der Waals surface area (Å²) in [4.78, 5) is -0.185. The van der Waals surface area contributed by atoms with Crippen molar-refractivity contribution in [2.75, 3.05) is 6.61 Å². The number of alkyl halides is 3. The molecule has 1 unspecified atom stereocenters. The van der Waals surface area contributed by atoms with E-state index in [4.69, 9.17) is 9.15 Å². The number of furan rings is 1. The SMILES string of the molecule is Cc1cc(C)c(S(=O)(=O)NC(COc2ccc3c(O)coc3c2)C(F)(F)F)c(C)c1. The van der Waals surface area contributed by atoms with Gasteiger partial charge in [-0.1, -0.05) is 17.7 Å². The maximum absolute atomic E-state index is 13.5. The van der Waals surface area contributed by atoms with Crippen molar-refractivity contribution in [1.29, 1.82) is 0 Å². The molecule has 0 radical (unpaired) electrons. The summed E-state index contributed by atoms with van der Waals surface area (Å²) >= 11 is 0. The predicted octanol–water partition coefficient (Wildman–Crippen LogP) is 4.35. The standard InChI is InChI=1S/C20H20F3NO5S/c1-11-6-12(2)19(13(3)7-11)30(26,27)24-18(20(21,22)23)10-28-14-4-5-15-16(25)9-29-17(15)8-14/h4-9,18,24-25H,10H2,1-3H3. The van der Waals surface area contributed by atoms with Crippen molar-refractivity contribution < 1.29 is 35.8 Å². The molecule has 0 saturated heterocycles. The van der Waals surface area contributed by atoms with Gasteiger partial charge in [0.15, 0.2) is 11.8 Å². The summed E-state index contributed by atoms with van der Waals surface area (Å²) in [5, 5.41) is 9.94. The van der Waals surface area contributed by atoms with Gasteiger partial charge in [0.2, 0.25) is 10.0 Å². The predicted molar refractivity (Wildman–Crippen MR) is 104 cm³/mol. The molecular formula is C20H20F3NO5S. The number of hydrogen-bond acceptors (Lipinski definition) is 5. The molecule has 0 bridgehead atoms. The van der Waals surface area contributed by atoms with E-state index in [0.717, 1.165) is 11.8 Å². The second-order valence-corrected chi connectivity index (χ2v) is 8.68. The summed E-state index contributed by atoms with van der Waals surface area (Å²) < 4.78 is 78.0. The topological polar surface area (TPSA) is 88.8 Å². The zero-order chi connectivity index (χ0) is 22.3. The van der Waals surface area contributed by atoms with Gasteiger partial charge in [0.25, 0.3) is 0 Å². The normalized spacial score (nSPS) is 13.5. The first-order valence-corrected chi connectivity index (χ1v) is 10.4. The lowest BCUT2D eigenvalue weighted by atomic mass is 10.1. The van der Waals surface area contributed by atoms with Crippen molar-refractivity contribution in [3.05, 3.63) is 53.3 Å². The number of benzene rings is 2. The molecule has 3 aromatic rings. The number of hydrogen-bond donors (Lipinski definition) is 2. The van der Waals surface area contributed by atoms with Crippen molar-refractivity contribution in [1.82, 2.24) is 4.72 Å². The second kappa shape index (κ2) is 7.84. The monoisotopic (exact) mass is 443 g/mol. The van der Waals surface area contributed by atoms with E-state index < -0.39 is 28.8 Å². The van der Waals surface area contributed by atoms with Crippen LogP contribution >= 0.6 is 0 Å². The Hall–Kier alpha value is -2.72. The van der Waals surface area contributed by atoms with Crippen molar-refractivity contribution in [2.45, 2.75) is 37.9 Å². The highest BCUT2D eigenvalue weighted by Gasteiger charge is 2.43. The molecule has 0 aliphatic heterocycles. The molecule has 2 aromatic carbocycles. The van der Waals surface area contributed by atoms with Gasteiger partial charge in [0.05, 0.1) is 10.3 Å². The largest absolute Gasteiger partial charge is 0.504 e. The number of rotatable bonds is 6. The Balaban J connectivity index is 1.84. The Morgan fingerprint density at radius 3 is 2.37 bits per heavy atom. The Kier molecular flexibility index (Phi) is 5.74. The molecule has 0 fully saturated rings. The summed E-state index contributed by atoms with van der Waals surface area (Å²) in [7, 11) is -4.46. The van der Waals surface area contributed by atoms with Gasteiger partial charge >= 0.3 is 6.18 Å². The molecule has 0 spiro atoms. The number of aromatic hydroxyl groups is 1. The first kappa shape index (κ1) is 22.0. The van der Waals surface area contributed by atoms with Gasteiger partial charge in [-0.25, -0.2) is 8.42 Å². The summed E-state index contributed by atoms with van der Waals surface area (Å²) in [5.74, 6) is -0.0747. The number of fused-ring (bicyclic) bond motifs is 1. The highest BCUT2D eigenvalue weighted by atomic mass is 32.2. The van der Waals surface area contributed by atoms with E-state index in [0.29, 0.717) is 16.5 Å². The highest BCUT2D eigenvalue weighted by Crippen LogP contribution is 2.31. The van der Waals surface area contributed by atoms with Crippen LogP contribution in [0.25, 0.3) is 11.0 Å². The molecule has 10 heteroatoms. The number of sulfonamides is 1. The summed E-state index contributed by atoms with van der Waals surface area (Å²) in [6.07, 6.45) is -3.79. The second-order valence-electron chi connectivity index (χ2n) is 7.03. The first-order valence-electron chi connectivity index (χ1n) is 8.88. The van der Waals surface area contributed by atoms with E-state index in [1.165, 1.54) is 32.0 Å². The van der Waals surface area contributed by atoms with Crippen LogP contribution < -0.4 is 9.46 Å². The molecule has 0 amide bonds. The highest BCUT2D eigenvalue weighted by molar-refractivity contribution is 7.89. The van der Waals surface area contributed by atoms with E-state index in [2.05, 4.69) is 0 Å². The molecule has 0 aliphatic rings. The van der Waals surface area contributed by atoms with Crippen molar-refractivity contribution in [2.24, 2.45) is 0 Å². The number of halogens is 3. The van der Waals surface area contributed by atoms with Gasteiger partial charge in [0.1, 0.15) is 24.2 Å². The first-order chi connectivity index (χ1) is 13.9. The zero-order valence-corrected chi connectivity index (χ0v) is 17.2. The molecule has 1 atom stereocenters. The molecule has 0 aliphatic carbocycles. The van der Waals surface area contributed by atoms with E-state index in [9.17, 15) is 26.7 Å². The Morgan fingerprint density at radius 1 is 1.13 bits per heavy atom. The Labute approximate surface area is 171 Å². The molecule has 1 aromatic heterocycles. The van der Waals surface area contributed by atoms with E-state index >= 15 is 0 Å². The zero-order valence-electron chi connectivity index (χ0n) is 16.4. The fourth-order valence-corrected chi connectivity index (χ4v) is 4.96. The minimum Gasteiger partial charge on any atom is -0.504 e. The molecule has 1 heterocycles. The van der Waals surface area contributed by atoms with E-state index in [-0.39, 0.29) is 22.0 Å². The number of nitrogens with one attached hydrogen (secondary N) is 1. The molecule has 6 nitrogen and oxygen atoms in total. The van der Waals surface area contributed by atoms with Crippen molar-refractivity contribution in [3.63, 3.8) is 0 Å². The van der Waals surface area contributed by atoms with Crippen LogP contribution in [-0.2, 0) is 10.0 Å². The van der Waals surface area contributed by atoms with Gasteiger partial charge in [-0.05, 0) is 44.0 Å². The van der Waals surface area contributed by atoms with Crippen LogP contribution in [-0.4, -0.2) is 32.3 Å². The van der Waals surface area contributed by atoms with Crippen LogP contribution in [0.4, 0.5) is 13.2 Å². The Morgan fingerprint density at radius 2 is 1.77 bits per heavy atom. The van der Waals surface area contributed by atoms with Crippen LogP contribution in [0.1, 0.15) is 16.7 Å². The summed E-state index contributed by atoms with van der Waals surface area (Å²) in [5.41, 5.74) is 1.73.